The molecule has 0 radical (unpaired) electrons. The van der Waals surface area contributed by atoms with Crippen molar-refractivity contribution in [2.75, 3.05) is 18.5 Å². The fourth-order valence-corrected chi connectivity index (χ4v) is 1.76. The zero-order valence-electron chi connectivity index (χ0n) is 8.96. The molecule has 0 bridgehead atoms. The van der Waals surface area contributed by atoms with Crippen molar-refractivity contribution in [2.45, 2.75) is 19.9 Å². The molecule has 3 nitrogen and oxygen atoms in total. The van der Waals surface area contributed by atoms with Crippen LogP contribution in [0, 0.1) is 0 Å². The van der Waals surface area contributed by atoms with Crippen molar-refractivity contribution in [2.24, 2.45) is 0 Å². The van der Waals surface area contributed by atoms with E-state index < -0.39 is 0 Å². The van der Waals surface area contributed by atoms with Gasteiger partial charge in [0, 0.05) is 4.47 Å². The molecule has 0 fully saturated rings. The zero-order chi connectivity index (χ0) is 11.3. The van der Waals surface area contributed by atoms with Crippen LogP contribution in [0.25, 0.3) is 0 Å². The summed E-state index contributed by atoms with van der Waals surface area (Å²) in [5.74, 6) is 0.832. The molecule has 0 saturated carbocycles. The summed E-state index contributed by atoms with van der Waals surface area (Å²) in [4.78, 5) is 0. The van der Waals surface area contributed by atoms with Crippen molar-refractivity contribution in [1.29, 1.82) is 0 Å². The van der Waals surface area contributed by atoms with Crippen molar-refractivity contribution in [3.8, 4) is 5.75 Å². The summed E-state index contributed by atoms with van der Waals surface area (Å²) in [6.07, 6.45) is 0. The van der Waals surface area contributed by atoms with E-state index in [4.69, 9.17) is 9.84 Å². The van der Waals surface area contributed by atoms with E-state index in [0.29, 0.717) is 6.61 Å². The van der Waals surface area contributed by atoms with Crippen LogP contribution in [0.2, 0.25) is 0 Å². The minimum atomic E-state index is -0.00815. The number of hydrogen-bond acceptors (Lipinski definition) is 3. The Kier molecular flexibility index (Phi) is 4.91. The molecule has 1 aromatic rings. The second-order valence-corrected chi connectivity index (χ2v) is 3.80. The van der Waals surface area contributed by atoms with Crippen molar-refractivity contribution in [1.82, 2.24) is 0 Å². The van der Waals surface area contributed by atoms with Gasteiger partial charge in [-0.15, -0.1) is 0 Å². The summed E-state index contributed by atoms with van der Waals surface area (Å²) in [7, 11) is 0. The maximum absolute atomic E-state index is 8.95. The lowest BCUT2D eigenvalue weighted by Gasteiger charge is -2.26. The lowest BCUT2D eigenvalue weighted by molar-refractivity contribution is 0.207. The molecule has 1 aliphatic heterocycles. The second kappa shape index (κ2) is 5.98. The van der Waals surface area contributed by atoms with Gasteiger partial charge in [0.1, 0.15) is 12.4 Å². The molecule has 15 heavy (non-hydrogen) atoms. The van der Waals surface area contributed by atoms with Crippen LogP contribution >= 0.6 is 15.9 Å². The number of fused-ring (bicyclic) bond motifs is 1. The Morgan fingerprint density at radius 2 is 2.27 bits per heavy atom. The number of aliphatic hydroxyl groups is 1. The van der Waals surface area contributed by atoms with E-state index in [1.165, 1.54) is 0 Å². The van der Waals surface area contributed by atoms with E-state index in [-0.39, 0.29) is 12.6 Å². The van der Waals surface area contributed by atoms with Gasteiger partial charge < -0.3 is 15.2 Å². The van der Waals surface area contributed by atoms with E-state index in [0.717, 1.165) is 15.9 Å². The molecule has 0 aromatic heterocycles. The Balaban J connectivity index is 0.000000531. The highest BCUT2D eigenvalue weighted by Gasteiger charge is 2.19. The van der Waals surface area contributed by atoms with Crippen LogP contribution in [-0.2, 0) is 0 Å². The SMILES string of the molecule is CC.OCC1COc2cccc(Br)c2N1. The van der Waals surface area contributed by atoms with Crippen molar-refractivity contribution < 1.29 is 9.84 Å². The molecule has 0 amide bonds. The molecule has 2 N–H and O–H groups in total. The molecule has 84 valence electrons. The van der Waals surface area contributed by atoms with Gasteiger partial charge in [-0.05, 0) is 28.1 Å². The minimum Gasteiger partial charge on any atom is -0.489 e. The average molecular weight is 274 g/mol. The quantitative estimate of drug-likeness (QED) is 0.827. The highest BCUT2D eigenvalue weighted by atomic mass is 79.9. The standard InChI is InChI=1S/C9H10BrNO2.C2H6/c10-7-2-1-3-8-9(7)11-6(4-12)5-13-8;1-2/h1-3,6,11-12H,4-5H2;1-2H3. The first-order valence-electron chi connectivity index (χ1n) is 5.10. The third-order valence-electron chi connectivity index (χ3n) is 1.98. The molecule has 0 aliphatic carbocycles. The van der Waals surface area contributed by atoms with Crippen LogP contribution in [0.15, 0.2) is 22.7 Å². The fraction of sp³-hybridized carbons (Fsp3) is 0.455. The summed E-state index contributed by atoms with van der Waals surface area (Å²) >= 11 is 3.41. The highest BCUT2D eigenvalue weighted by Crippen LogP contribution is 2.35. The van der Waals surface area contributed by atoms with Gasteiger partial charge in [-0.3, -0.25) is 0 Å². The van der Waals surface area contributed by atoms with Gasteiger partial charge in [0.15, 0.2) is 0 Å². The lowest BCUT2D eigenvalue weighted by atomic mass is 10.2. The Hall–Kier alpha value is -0.740. The van der Waals surface area contributed by atoms with Crippen LogP contribution in [0.1, 0.15) is 13.8 Å². The second-order valence-electron chi connectivity index (χ2n) is 2.95. The van der Waals surface area contributed by atoms with Crippen LogP contribution in [0.5, 0.6) is 5.75 Å². The van der Waals surface area contributed by atoms with Gasteiger partial charge in [-0.1, -0.05) is 19.9 Å². The van der Waals surface area contributed by atoms with Crippen LogP contribution in [0.3, 0.4) is 0 Å². The molecule has 0 spiro atoms. The van der Waals surface area contributed by atoms with Crippen LogP contribution in [-0.4, -0.2) is 24.4 Å². The third kappa shape index (κ3) is 2.86. The average Bonchev–Trinajstić information content (AvgIpc) is 2.32. The van der Waals surface area contributed by atoms with Gasteiger partial charge in [-0.25, -0.2) is 0 Å². The molecule has 4 heteroatoms. The third-order valence-corrected chi connectivity index (χ3v) is 2.65. The van der Waals surface area contributed by atoms with Gasteiger partial charge in [-0.2, -0.15) is 0 Å². The van der Waals surface area contributed by atoms with E-state index in [1.54, 1.807) is 0 Å². The Morgan fingerprint density at radius 3 is 2.93 bits per heavy atom. The number of para-hydroxylation sites is 1. The summed E-state index contributed by atoms with van der Waals surface area (Å²) in [6, 6.07) is 5.76. The van der Waals surface area contributed by atoms with Crippen LogP contribution in [0.4, 0.5) is 5.69 Å². The number of benzene rings is 1. The number of halogens is 1. The molecule has 1 aliphatic rings. The van der Waals surface area contributed by atoms with Gasteiger partial charge in [0.2, 0.25) is 0 Å². The number of hydrogen-bond donors (Lipinski definition) is 2. The molecule has 1 aromatic carbocycles. The van der Waals surface area contributed by atoms with Crippen molar-refractivity contribution in [3.63, 3.8) is 0 Å². The van der Waals surface area contributed by atoms with Gasteiger partial charge in [0.05, 0.1) is 18.3 Å². The predicted octanol–water partition coefficient (Wildman–Crippen LogP) is 2.64. The van der Waals surface area contributed by atoms with E-state index in [9.17, 15) is 0 Å². The lowest BCUT2D eigenvalue weighted by Crippen LogP contribution is -2.34. The molecule has 0 saturated heterocycles. The first kappa shape index (κ1) is 12.3. The monoisotopic (exact) mass is 273 g/mol. The highest BCUT2D eigenvalue weighted by molar-refractivity contribution is 9.10. The summed E-state index contributed by atoms with van der Waals surface area (Å²) < 4.78 is 6.42. The number of rotatable bonds is 1. The maximum atomic E-state index is 8.95. The normalized spacial score (nSPS) is 17.7. The molecule has 2 rings (SSSR count). The van der Waals surface area contributed by atoms with E-state index in [2.05, 4.69) is 21.2 Å². The number of aliphatic hydroxyl groups excluding tert-OH is 1. The first-order valence-corrected chi connectivity index (χ1v) is 5.89. The summed E-state index contributed by atoms with van der Waals surface area (Å²) in [5.41, 5.74) is 0.924. The zero-order valence-corrected chi connectivity index (χ0v) is 10.5. The molecule has 1 atom stereocenters. The fourth-order valence-electron chi connectivity index (χ4n) is 1.30. The van der Waals surface area contributed by atoms with Crippen molar-refractivity contribution in [3.05, 3.63) is 22.7 Å². The Labute approximate surface area is 98.6 Å². The maximum Gasteiger partial charge on any atom is 0.143 e. The van der Waals surface area contributed by atoms with E-state index >= 15 is 0 Å². The minimum absolute atomic E-state index is 0.00815. The smallest absolute Gasteiger partial charge is 0.143 e. The molecule has 1 unspecified atom stereocenters. The number of anilines is 1. The van der Waals surface area contributed by atoms with Crippen LogP contribution < -0.4 is 10.1 Å². The predicted molar refractivity (Wildman–Crippen MR) is 65.5 cm³/mol. The first-order chi connectivity index (χ1) is 7.31. The van der Waals surface area contributed by atoms with Gasteiger partial charge >= 0.3 is 0 Å². The number of ether oxygens (including phenoxy) is 1. The van der Waals surface area contributed by atoms with Gasteiger partial charge in [0.25, 0.3) is 0 Å². The summed E-state index contributed by atoms with van der Waals surface area (Å²) in [5, 5.41) is 12.1. The Morgan fingerprint density at radius 1 is 1.53 bits per heavy atom. The number of nitrogens with one attached hydrogen (secondary N) is 1. The topological polar surface area (TPSA) is 41.5 Å². The molecular formula is C11H16BrNO2. The summed E-state index contributed by atoms with van der Waals surface area (Å²) in [6.45, 7) is 4.60. The Bertz CT molecular complexity index is 317. The van der Waals surface area contributed by atoms with E-state index in [1.807, 2.05) is 32.0 Å². The van der Waals surface area contributed by atoms with Crippen molar-refractivity contribution >= 4 is 21.6 Å². The largest absolute Gasteiger partial charge is 0.489 e. The molecule has 1 heterocycles. The molecular weight excluding hydrogens is 258 g/mol.